The maximum absolute atomic E-state index is 11.3. The number of ketones is 1. The smallest absolute Gasteiger partial charge is 0.310 e. The van der Waals surface area contributed by atoms with E-state index in [0.29, 0.717) is 12.8 Å². The molecule has 2 aliphatic carbocycles. The Morgan fingerprint density at radius 2 is 2.23 bits per heavy atom. The molecule has 2 rings (SSSR count). The van der Waals surface area contributed by atoms with Crippen LogP contribution in [-0.2, 0) is 9.59 Å². The molecule has 72 valence electrons. The topological polar surface area (TPSA) is 54.4 Å². The molecule has 0 aliphatic heterocycles. The zero-order valence-electron chi connectivity index (χ0n) is 7.58. The molecule has 0 radical (unpaired) electrons. The van der Waals surface area contributed by atoms with Crippen molar-refractivity contribution in [2.24, 2.45) is 11.3 Å². The van der Waals surface area contributed by atoms with Gasteiger partial charge in [0.15, 0.2) is 0 Å². The summed E-state index contributed by atoms with van der Waals surface area (Å²) < 4.78 is 0. The van der Waals surface area contributed by atoms with E-state index in [1.807, 2.05) is 0 Å². The van der Waals surface area contributed by atoms with Gasteiger partial charge in [-0.1, -0.05) is 6.42 Å². The number of Topliss-reactive ketones (excluding diaryl/α,β-unsaturated/α-hetero) is 1. The van der Waals surface area contributed by atoms with E-state index in [-0.39, 0.29) is 18.1 Å². The molecular formula is C10H14O3. The summed E-state index contributed by atoms with van der Waals surface area (Å²) >= 11 is 0. The minimum atomic E-state index is -0.747. The van der Waals surface area contributed by atoms with Gasteiger partial charge in [-0.05, 0) is 25.2 Å². The van der Waals surface area contributed by atoms with Gasteiger partial charge >= 0.3 is 5.97 Å². The van der Waals surface area contributed by atoms with Crippen LogP contribution in [0.2, 0.25) is 0 Å². The van der Waals surface area contributed by atoms with Crippen LogP contribution in [0, 0.1) is 11.3 Å². The maximum Gasteiger partial charge on any atom is 0.310 e. The third kappa shape index (κ3) is 1.18. The van der Waals surface area contributed by atoms with Gasteiger partial charge in [0.25, 0.3) is 0 Å². The van der Waals surface area contributed by atoms with Gasteiger partial charge in [-0.15, -0.1) is 0 Å². The lowest BCUT2D eigenvalue weighted by Gasteiger charge is -2.34. The SMILES string of the molecule is O=C1CCC2CCCC2(C(=O)O)C1. The number of hydrogen-bond acceptors (Lipinski definition) is 2. The first-order valence-electron chi connectivity index (χ1n) is 4.90. The highest BCUT2D eigenvalue weighted by atomic mass is 16.4. The highest BCUT2D eigenvalue weighted by Gasteiger charge is 2.52. The third-order valence-electron chi connectivity index (χ3n) is 3.67. The van der Waals surface area contributed by atoms with Gasteiger partial charge < -0.3 is 5.11 Å². The summed E-state index contributed by atoms with van der Waals surface area (Å²) in [7, 11) is 0. The molecule has 2 atom stereocenters. The Morgan fingerprint density at radius 3 is 2.92 bits per heavy atom. The van der Waals surface area contributed by atoms with Crippen LogP contribution in [0.3, 0.4) is 0 Å². The second-order valence-electron chi connectivity index (χ2n) is 4.30. The molecule has 0 aromatic carbocycles. The largest absolute Gasteiger partial charge is 0.481 e. The van der Waals surface area contributed by atoms with Crippen LogP contribution in [-0.4, -0.2) is 16.9 Å². The van der Waals surface area contributed by atoms with Crippen molar-refractivity contribution in [2.75, 3.05) is 0 Å². The van der Waals surface area contributed by atoms with E-state index < -0.39 is 11.4 Å². The van der Waals surface area contributed by atoms with Gasteiger partial charge in [0.05, 0.1) is 5.41 Å². The van der Waals surface area contributed by atoms with Crippen molar-refractivity contribution >= 4 is 11.8 Å². The lowest BCUT2D eigenvalue weighted by atomic mass is 9.68. The van der Waals surface area contributed by atoms with Crippen molar-refractivity contribution in [3.63, 3.8) is 0 Å². The molecule has 0 aromatic heterocycles. The zero-order valence-corrected chi connectivity index (χ0v) is 7.58. The van der Waals surface area contributed by atoms with Gasteiger partial charge in [0.2, 0.25) is 0 Å². The van der Waals surface area contributed by atoms with Crippen LogP contribution in [0.4, 0.5) is 0 Å². The average molecular weight is 182 g/mol. The fraction of sp³-hybridized carbons (Fsp3) is 0.800. The Morgan fingerprint density at radius 1 is 1.46 bits per heavy atom. The lowest BCUT2D eigenvalue weighted by Crippen LogP contribution is -2.40. The molecule has 0 bridgehead atoms. The molecule has 0 spiro atoms. The van der Waals surface area contributed by atoms with Crippen LogP contribution >= 0.6 is 0 Å². The van der Waals surface area contributed by atoms with E-state index >= 15 is 0 Å². The Labute approximate surface area is 77.1 Å². The van der Waals surface area contributed by atoms with Gasteiger partial charge in [-0.2, -0.15) is 0 Å². The molecule has 0 heterocycles. The van der Waals surface area contributed by atoms with E-state index in [4.69, 9.17) is 5.11 Å². The molecule has 2 saturated carbocycles. The molecule has 1 N–H and O–H groups in total. The number of aliphatic carboxylic acids is 1. The molecule has 2 unspecified atom stereocenters. The highest BCUT2D eigenvalue weighted by molar-refractivity contribution is 5.88. The second-order valence-corrected chi connectivity index (χ2v) is 4.30. The second kappa shape index (κ2) is 2.82. The standard InChI is InChI=1S/C10H14O3/c11-8-4-3-7-2-1-5-10(7,6-8)9(12)13/h7H,1-6H2,(H,12,13). The van der Waals surface area contributed by atoms with Crippen LogP contribution in [0.15, 0.2) is 0 Å². The predicted octanol–water partition coefficient (Wildman–Crippen LogP) is 1.61. The molecule has 0 aromatic rings. The summed E-state index contributed by atoms with van der Waals surface area (Å²) in [5, 5.41) is 9.16. The number of fused-ring (bicyclic) bond motifs is 1. The van der Waals surface area contributed by atoms with Gasteiger partial charge in [0, 0.05) is 12.8 Å². The predicted molar refractivity (Wildman–Crippen MR) is 46.3 cm³/mol. The summed E-state index contributed by atoms with van der Waals surface area (Å²) in [5.41, 5.74) is -0.671. The Kier molecular flexibility index (Phi) is 1.90. The highest BCUT2D eigenvalue weighted by Crippen LogP contribution is 2.51. The first kappa shape index (κ1) is 8.73. The number of rotatable bonds is 1. The van der Waals surface area contributed by atoms with E-state index in [9.17, 15) is 9.59 Å². The van der Waals surface area contributed by atoms with E-state index in [1.54, 1.807) is 0 Å². The molecule has 2 fully saturated rings. The van der Waals surface area contributed by atoms with Crippen molar-refractivity contribution in [1.29, 1.82) is 0 Å². The number of carbonyl (C=O) groups is 2. The van der Waals surface area contributed by atoms with E-state index in [0.717, 1.165) is 19.3 Å². The average Bonchev–Trinajstić information content (AvgIpc) is 2.47. The normalized spacial score (nSPS) is 38.8. The van der Waals surface area contributed by atoms with Crippen molar-refractivity contribution in [3.8, 4) is 0 Å². The molecule has 0 saturated heterocycles. The number of carboxylic acid groups (broad SMARTS) is 1. The van der Waals surface area contributed by atoms with Crippen molar-refractivity contribution in [2.45, 2.75) is 38.5 Å². The molecule has 3 heteroatoms. The van der Waals surface area contributed by atoms with Crippen LogP contribution in [0.1, 0.15) is 38.5 Å². The van der Waals surface area contributed by atoms with Crippen LogP contribution < -0.4 is 0 Å². The van der Waals surface area contributed by atoms with E-state index in [2.05, 4.69) is 0 Å². The summed E-state index contributed by atoms with van der Waals surface area (Å²) in [4.78, 5) is 22.4. The lowest BCUT2D eigenvalue weighted by molar-refractivity contribution is -0.156. The van der Waals surface area contributed by atoms with E-state index in [1.165, 1.54) is 0 Å². The molecule has 13 heavy (non-hydrogen) atoms. The fourth-order valence-electron chi connectivity index (χ4n) is 2.93. The number of carboxylic acids is 1. The van der Waals surface area contributed by atoms with Gasteiger partial charge in [-0.3, -0.25) is 9.59 Å². The van der Waals surface area contributed by atoms with Crippen LogP contribution in [0.5, 0.6) is 0 Å². The van der Waals surface area contributed by atoms with Crippen molar-refractivity contribution in [1.82, 2.24) is 0 Å². The monoisotopic (exact) mass is 182 g/mol. The summed E-state index contributed by atoms with van der Waals surface area (Å²) in [6.07, 6.45) is 4.36. The molecular weight excluding hydrogens is 168 g/mol. The first-order valence-corrected chi connectivity index (χ1v) is 4.90. The summed E-state index contributed by atoms with van der Waals surface area (Å²) in [5.74, 6) is -0.341. The minimum absolute atomic E-state index is 0.139. The third-order valence-corrected chi connectivity index (χ3v) is 3.67. The summed E-state index contributed by atoms with van der Waals surface area (Å²) in [6.45, 7) is 0. The zero-order chi connectivity index (χ0) is 9.47. The number of hydrogen-bond donors (Lipinski definition) is 1. The fourth-order valence-corrected chi connectivity index (χ4v) is 2.93. The Hall–Kier alpha value is -0.860. The van der Waals surface area contributed by atoms with Crippen molar-refractivity contribution in [3.05, 3.63) is 0 Å². The molecule has 3 nitrogen and oxygen atoms in total. The number of carbonyl (C=O) groups excluding carboxylic acids is 1. The Balaban J connectivity index is 2.28. The van der Waals surface area contributed by atoms with Gasteiger partial charge in [0.1, 0.15) is 5.78 Å². The van der Waals surface area contributed by atoms with Crippen molar-refractivity contribution < 1.29 is 14.7 Å². The maximum atomic E-state index is 11.3. The minimum Gasteiger partial charge on any atom is -0.481 e. The quantitative estimate of drug-likeness (QED) is 0.670. The Bertz CT molecular complexity index is 259. The summed E-state index contributed by atoms with van der Waals surface area (Å²) in [6, 6.07) is 0. The van der Waals surface area contributed by atoms with Crippen LogP contribution in [0.25, 0.3) is 0 Å². The van der Waals surface area contributed by atoms with Gasteiger partial charge in [-0.25, -0.2) is 0 Å². The molecule has 2 aliphatic rings. The first-order chi connectivity index (χ1) is 6.15. The molecule has 0 amide bonds.